The number of benzene rings is 1. The van der Waals surface area contributed by atoms with Gasteiger partial charge in [-0.05, 0) is 30.5 Å². The summed E-state index contributed by atoms with van der Waals surface area (Å²) in [7, 11) is 0. The molecule has 0 aliphatic carbocycles. The molecule has 1 saturated heterocycles. The van der Waals surface area contributed by atoms with Gasteiger partial charge in [0.2, 0.25) is 0 Å². The third kappa shape index (κ3) is 4.83. The Kier molecular flexibility index (Phi) is 6.59. The highest BCUT2D eigenvalue weighted by Crippen LogP contribution is 2.27. The summed E-state index contributed by atoms with van der Waals surface area (Å²) in [5, 5.41) is 10.6. The second-order valence-corrected chi connectivity index (χ2v) is 6.26. The zero-order valence-corrected chi connectivity index (χ0v) is 13.8. The number of hydrogen-bond acceptors (Lipinski definition) is 5. The maximum Gasteiger partial charge on any atom is 0.269 e. The zero-order chi connectivity index (χ0) is 15.5. The molecule has 22 heavy (non-hydrogen) atoms. The lowest BCUT2D eigenvalue weighted by Gasteiger charge is -2.42. The van der Waals surface area contributed by atoms with Crippen LogP contribution in [0.2, 0.25) is 0 Å². The molecule has 0 spiro atoms. The highest BCUT2D eigenvalue weighted by atomic mass is 35.5. The minimum absolute atomic E-state index is 0. The quantitative estimate of drug-likeness (QED) is 0.663. The maximum absolute atomic E-state index is 10.6. The van der Waals surface area contributed by atoms with Crippen molar-refractivity contribution < 1.29 is 9.66 Å². The highest BCUT2D eigenvalue weighted by Gasteiger charge is 2.33. The lowest BCUT2D eigenvalue weighted by atomic mass is 9.80. The van der Waals surface area contributed by atoms with Gasteiger partial charge in [-0.3, -0.25) is 15.0 Å². The molecule has 1 aromatic carbocycles. The fourth-order valence-corrected chi connectivity index (χ4v) is 2.63. The summed E-state index contributed by atoms with van der Waals surface area (Å²) < 4.78 is 5.64. The minimum atomic E-state index is -0.414. The molecule has 1 unspecified atom stereocenters. The van der Waals surface area contributed by atoms with E-state index in [1.54, 1.807) is 12.1 Å². The number of likely N-dealkylation sites (tertiary alicyclic amines) is 1. The molecule has 0 aromatic heterocycles. The van der Waals surface area contributed by atoms with Gasteiger partial charge in [0, 0.05) is 31.3 Å². The monoisotopic (exact) mass is 329 g/mol. The molecule has 1 heterocycles. The molecule has 1 fully saturated rings. The molecule has 1 aliphatic rings. The Bertz CT molecular complexity index is 493. The van der Waals surface area contributed by atoms with Crippen molar-refractivity contribution >= 4 is 18.1 Å². The second kappa shape index (κ2) is 7.76. The van der Waals surface area contributed by atoms with Crippen molar-refractivity contribution in [1.29, 1.82) is 0 Å². The molecule has 0 saturated carbocycles. The van der Waals surface area contributed by atoms with E-state index in [1.165, 1.54) is 12.1 Å². The van der Waals surface area contributed by atoms with Crippen LogP contribution in [0.15, 0.2) is 24.3 Å². The van der Waals surface area contributed by atoms with Gasteiger partial charge >= 0.3 is 0 Å². The normalized spacial score (nSPS) is 21.0. The van der Waals surface area contributed by atoms with E-state index in [0.717, 1.165) is 26.1 Å². The predicted molar refractivity (Wildman–Crippen MR) is 88.7 cm³/mol. The minimum Gasteiger partial charge on any atom is -0.492 e. The first-order valence-electron chi connectivity index (χ1n) is 7.24. The van der Waals surface area contributed by atoms with E-state index >= 15 is 0 Å². The van der Waals surface area contributed by atoms with Gasteiger partial charge in [-0.25, -0.2) is 0 Å². The zero-order valence-electron chi connectivity index (χ0n) is 13.0. The molecular formula is C15H24ClN3O3. The van der Waals surface area contributed by atoms with Crippen LogP contribution in [0.4, 0.5) is 5.69 Å². The summed E-state index contributed by atoms with van der Waals surface area (Å²) in [6.07, 6.45) is 1.00. The SMILES string of the molecule is CC1(C)CN(CCOc2ccc([N+](=O)[O-])cc2)CCC1N.Cl. The molecule has 0 amide bonds. The predicted octanol–water partition coefficient (Wildman–Crippen LogP) is 2.45. The van der Waals surface area contributed by atoms with Crippen LogP contribution in [0.5, 0.6) is 5.75 Å². The van der Waals surface area contributed by atoms with Gasteiger partial charge in [0.15, 0.2) is 0 Å². The van der Waals surface area contributed by atoms with E-state index in [4.69, 9.17) is 10.5 Å². The molecule has 2 rings (SSSR count). The third-order valence-electron chi connectivity index (χ3n) is 4.12. The van der Waals surface area contributed by atoms with Crippen LogP contribution in [0.25, 0.3) is 0 Å². The number of non-ortho nitro benzene ring substituents is 1. The summed E-state index contributed by atoms with van der Waals surface area (Å²) in [4.78, 5) is 12.5. The molecule has 7 heteroatoms. The highest BCUT2D eigenvalue weighted by molar-refractivity contribution is 5.85. The largest absolute Gasteiger partial charge is 0.492 e. The van der Waals surface area contributed by atoms with Crippen LogP contribution >= 0.6 is 12.4 Å². The molecule has 1 aromatic rings. The Hall–Kier alpha value is -1.37. The Morgan fingerprint density at radius 3 is 2.59 bits per heavy atom. The van der Waals surface area contributed by atoms with Crippen molar-refractivity contribution in [2.24, 2.45) is 11.1 Å². The fraction of sp³-hybridized carbons (Fsp3) is 0.600. The van der Waals surface area contributed by atoms with Gasteiger partial charge in [-0.15, -0.1) is 12.4 Å². The standard InChI is InChI=1S/C15H23N3O3.ClH/c1-15(2)11-17(8-7-14(15)16)9-10-21-13-5-3-12(4-6-13)18(19)20;/h3-6,14H,7-11,16H2,1-2H3;1H. The summed E-state index contributed by atoms with van der Waals surface area (Å²) >= 11 is 0. The number of piperidine rings is 1. The van der Waals surface area contributed by atoms with Gasteiger partial charge in [-0.1, -0.05) is 13.8 Å². The first kappa shape index (κ1) is 18.7. The average Bonchev–Trinajstić information content (AvgIpc) is 2.43. The van der Waals surface area contributed by atoms with Crippen LogP contribution in [0, 0.1) is 15.5 Å². The van der Waals surface area contributed by atoms with E-state index in [0.29, 0.717) is 12.4 Å². The molecule has 0 radical (unpaired) electrons. The lowest BCUT2D eigenvalue weighted by Crippen LogP contribution is -2.53. The average molecular weight is 330 g/mol. The lowest BCUT2D eigenvalue weighted by molar-refractivity contribution is -0.384. The van der Waals surface area contributed by atoms with Crippen molar-refractivity contribution in [3.05, 3.63) is 34.4 Å². The number of nitro benzene ring substituents is 1. The third-order valence-corrected chi connectivity index (χ3v) is 4.12. The van der Waals surface area contributed by atoms with Gasteiger partial charge in [0.1, 0.15) is 12.4 Å². The van der Waals surface area contributed by atoms with Crippen molar-refractivity contribution in [2.75, 3.05) is 26.2 Å². The molecule has 2 N–H and O–H groups in total. The van der Waals surface area contributed by atoms with E-state index in [1.807, 2.05) is 0 Å². The number of hydrogen-bond donors (Lipinski definition) is 1. The van der Waals surface area contributed by atoms with Crippen molar-refractivity contribution in [1.82, 2.24) is 4.90 Å². The Morgan fingerprint density at radius 1 is 1.41 bits per heavy atom. The van der Waals surface area contributed by atoms with Crippen molar-refractivity contribution in [3.8, 4) is 5.75 Å². The second-order valence-electron chi connectivity index (χ2n) is 6.26. The molecule has 6 nitrogen and oxygen atoms in total. The molecule has 1 atom stereocenters. The molecule has 1 aliphatic heterocycles. The summed E-state index contributed by atoms with van der Waals surface area (Å²) in [5.74, 6) is 0.661. The first-order valence-corrected chi connectivity index (χ1v) is 7.24. The van der Waals surface area contributed by atoms with Crippen LogP contribution < -0.4 is 10.5 Å². The van der Waals surface area contributed by atoms with Crippen molar-refractivity contribution in [3.63, 3.8) is 0 Å². The van der Waals surface area contributed by atoms with E-state index < -0.39 is 4.92 Å². The fourth-order valence-electron chi connectivity index (χ4n) is 2.63. The van der Waals surface area contributed by atoms with Crippen molar-refractivity contribution in [2.45, 2.75) is 26.3 Å². The van der Waals surface area contributed by atoms with Gasteiger partial charge < -0.3 is 10.5 Å². The van der Waals surface area contributed by atoms with E-state index in [9.17, 15) is 10.1 Å². The number of nitrogens with zero attached hydrogens (tertiary/aromatic N) is 2. The number of nitro groups is 1. The van der Waals surface area contributed by atoms with Gasteiger partial charge in [-0.2, -0.15) is 0 Å². The van der Waals surface area contributed by atoms with Crippen LogP contribution in [0.1, 0.15) is 20.3 Å². The Labute approximate surface area is 137 Å². The molecule has 0 bridgehead atoms. The van der Waals surface area contributed by atoms with Gasteiger partial charge in [0.05, 0.1) is 4.92 Å². The van der Waals surface area contributed by atoms with Crippen LogP contribution in [-0.4, -0.2) is 42.1 Å². The smallest absolute Gasteiger partial charge is 0.269 e. The first-order chi connectivity index (χ1) is 9.88. The van der Waals surface area contributed by atoms with Crippen LogP contribution in [-0.2, 0) is 0 Å². The maximum atomic E-state index is 10.6. The number of nitrogens with two attached hydrogens (primary N) is 1. The van der Waals surface area contributed by atoms with Gasteiger partial charge in [0.25, 0.3) is 5.69 Å². The van der Waals surface area contributed by atoms with Crippen LogP contribution in [0.3, 0.4) is 0 Å². The van der Waals surface area contributed by atoms with E-state index in [2.05, 4.69) is 18.7 Å². The van der Waals surface area contributed by atoms with E-state index in [-0.39, 0.29) is 29.6 Å². The molecule has 124 valence electrons. The number of halogens is 1. The topological polar surface area (TPSA) is 81.6 Å². The summed E-state index contributed by atoms with van der Waals surface area (Å²) in [5.41, 5.74) is 6.33. The Balaban J connectivity index is 0.00000242. The summed E-state index contributed by atoms with van der Waals surface area (Å²) in [6.45, 7) is 7.77. The number of ether oxygens (including phenoxy) is 1. The summed E-state index contributed by atoms with van der Waals surface area (Å²) in [6, 6.07) is 6.43. The Morgan fingerprint density at radius 2 is 2.05 bits per heavy atom. The number of rotatable bonds is 5. The molecular weight excluding hydrogens is 306 g/mol.